The number of aliphatic hydroxyl groups is 1. The van der Waals surface area contributed by atoms with E-state index in [0.29, 0.717) is 24.2 Å². The van der Waals surface area contributed by atoms with Crippen molar-refractivity contribution in [3.8, 4) is 0 Å². The minimum absolute atomic E-state index is 0.160. The van der Waals surface area contributed by atoms with Crippen molar-refractivity contribution in [1.29, 1.82) is 0 Å². The van der Waals surface area contributed by atoms with Crippen LogP contribution >= 0.6 is 0 Å². The van der Waals surface area contributed by atoms with Gasteiger partial charge in [0.1, 0.15) is 17.8 Å². The van der Waals surface area contributed by atoms with Crippen LogP contribution in [-0.2, 0) is 23.8 Å². The fourth-order valence-corrected chi connectivity index (χ4v) is 4.89. The molecule has 0 unspecified atom stereocenters. The Morgan fingerprint density at radius 3 is 2.77 bits per heavy atom. The Kier molecular flexibility index (Phi) is 3.90. The van der Waals surface area contributed by atoms with Crippen molar-refractivity contribution < 1.29 is 28.9 Å². The van der Waals surface area contributed by atoms with E-state index in [-0.39, 0.29) is 11.8 Å². The molecule has 0 bridgehead atoms. The Bertz CT molecular complexity index is 743. The summed E-state index contributed by atoms with van der Waals surface area (Å²) in [6.07, 6.45) is 2.20. The fraction of sp³-hybridized carbons (Fsp3) is 0.600. The van der Waals surface area contributed by atoms with Crippen molar-refractivity contribution in [3.63, 3.8) is 0 Å². The van der Waals surface area contributed by atoms with Gasteiger partial charge in [-0.3, -0.25) is 0 Å². The van der Waals surface area contributed by atoms with Gasteiger partial charge in [0, 0.05) is 29.4 Å². The van der Waals surface area contributed by atoms with Gasteiger partial charge >= 0.3 is 11.9 Å². The van der Waals surface area contributed by atoms with E-state index in [9.17, 15) is 14.7 Å². The van der Waals surface area contributed by atoms with Gasteiger partial charge in [0.05, 0.1) is 18.6 Å². The number of allylic oxidation sites excluding steroid dienone is 1. The van der Waals surface area contributed by atoms with Crippen molar-refractivity contribution in [3.05, 3.63) is 35.5 Å². The maximum Gasteiger partial charge on any atom is 0.334 e. The molecular weight excluding hydrogens is 336 g/mol. The number of ether oxygens (including phenoxy) is 3. The zero-order valence-electron chi connectivity index (χ0n) is 15.2. The monoisotopic (exact) mass is 360 g/mol. The number of aliphatic hydroxyl groups excluding tert-OH is 1. The first-order valence-electron chi connectivity index (χ1n) is 9.03. The van der Waals surface area contributed by atoms with Crippen LogP contribution in [0, 0.1) is 17.8 Å². The number of esters is 2. The molecule has 2 saturated heterocycles. The Morgan fingerprint density at radius 1 is 1.46 bits per heavy atom. The number of carbonyl (C=O) groups excluding carboxylic acids is 2. The maximum atomic E-state index is 12.4. The van der Waals surface area contributed by atoms with Crippen LogP contribution in [0.2, 0.25) is 0 Å². The van der Waals surface area contributed by atoms with Crippen molar-refractivity contribution in [1.82, 2.24) is 0 Å². The maximum absolute atomic E-state index is 12.4. The van der Waals surface area contributed by atoms with E-state index in [4.69, 9.17) is 14.2 Å². The van der Waals surface area contributed by atoms with Gasteiger partial charge < -0.3 is 19.3 Å². The molecule has 0 aromatic rings. The largest absolute Gasteiger partial charge is 0.458 e. The van der Waals surface area contributed by atoms with E-state index in [1.165, 1.54) is 0 Å². The van der Waals surface area contributed by atoms with Crippen molar-refractivity contribution in [2.24, 2.45) is 17.8 Å². The number of epoxide rings is 1. The molecule has 1 saturated carbocycles. The molecule has 0 amide bonds. The van der Waals surface area contributed by atoms with E-state index in [0.717, 1.165) is 5.57 Å². The second-order valence-corrected chi connectivity index (χ2v) is 7.85. The molecule has 140 valence electrons. The predicted molar refractivity (Wildman–Crippen MR) is 91.9 cm³/mol. The minimum Gasteiger partial charge on any atom is -0.458 e. The third-order valence-electron chi connectivity index (χ3n) is 6.41. The van der Waals surface area contributed by atoms with Gasteiger partial charge in [0.15, 0.2) is 0 Å². The van der Waals surface area contributed by atoms with Crippen LogP contribution in [0.5, 0.6) is 0 Å². The summed E-state index contributed by atoms with van der Waals surface area (Å²) in [5, 5.41) is 10.6. The van der Waals surface area contributed by atoms with Crippen molar-refractivity contribution >= 4 is 11.9 Å². The van der Waals surface area contributed by atoms with Crippen LogP contribution in [0.3, 0.4) is 0 Å². The second kappa shape index (κ2) is 5.79. The summed E-state index contributed by atoms with van der Waals surface area (Å²) in [7, 11) is 0. The molecule has 6 heteroatoms. The summed E-state index contributed by atoms with van der Waals surface area (Å²) in [4.78, 5) is 24.6. The van der Waals surface area contributed by atoms with Gasteiger partial charge in [0.25, 0.3) is 0 Å². The second-order valence-electron chi connectivity index (χ2n) is 7.85. The lowest BCUT2D eigenvalue weighted by molar-refractivity contribution is -0.148. The highest BCUT2D eigenvalue weighted by molar-refractivity contribution is 5.91. The summed E-state index contributed by atoms with van der Waals surface area (Å²) in [6.45, 7) is 9.81. The van der Waals surface area contributed by atoms with Crippen LogP contribution in [0.4, 0.5) is 0 Å². The van der Waals surface area contributed by atoms with Crippen LogP contribution < -0.4 is 0 Å². The van der Waals surface area contributed by atoms with Gasteiger partial charge in [-0.05, 0) is 20.8 Å². The van der Waals surface area contributed by atoms with Crippen LogP contribution in [0.15, 0.2) is 35.5 Å². The van der Waals surface area contributed by atoms with Gasteiger partial charge in [-0.25, -0.2) is 9.59 Å². The Labute approximate surface area is 152 Å². The minimum atomic E-state index is -0.664. The van der Waals surface area contributed by atoms with Crippen LogP contribution in [-0.4, -0.2) is 47.6 Å². The van der Waals surface area contributed by atoms with E-state index in [1.807, 2.05) is 13.0 Å². The number of fused-ring (bicyclic) bond motifs is 4. The third-order valence-corrected chi connectivity index (χ3v) is 6.41. The molecule has 26 heavy (non-hydrogen) atoms. The first-order chi connectivity index (χ1) is 12.3. The summed E-state index contributed by atoms with van der Waals surface area (Å²) >= 11 is 0. The predicted octanol–water partition coefficient (Wildman–Crippen LogP) is 1.69. The number of hydrogen-bond acceptors (Lipinski definition) is 6. The highest BCUT2D eigenvalue weighted by Gasteiger charge is 2.67. The van der Waals surface area contributed by atoms with Crippen LogP contribution in [0.25, 0.3) is 0 Å². The van der Waals surface area contributed by atoms with Crippen molar-refractivity contribution in [2.45, 2.75) is 51.1 Å². The Balaban J connectivity index is 1.74. The molecule has 2 aliphatic carbocycles. The van der Waals surface area contributed by atoms with E-state index >= 15 is 0 Å². The molecule has 2 aliphatic heterocycles. The molecule has 4 aliphatic rings. The number of carbonyl (C=O) groups is 2. The molecule has 2 heterocycles. The lowest BCUT2D eigenvalue weighted by atomic mass is 9.77. The highest BCUT2D eigenvalue weighted by atomic mass is 16.6. The molecule has 6 nitrogen and oxygen atoms in total. The lowest BCUT2D eigenvalue weighted by Crippen LogP contribution is -2.39. The van der Waals surface area contributed by atoms with E-state index in [1.54, 1.807) is 19.9 Å². The zero-order valence-corrected chi connectivity index (χ0v) is 15.2. The van der Waals surface area contributed by atoms with Gasteiger partial charge in [-0.2, -0.15) is 0 Å². The summed E-state index contributed by atoms with van der Waals surface area (Å²) in [5.74, 6) is -1.67. The fourth-order valence-electron chi connectivity index (χ4n) is 4.89. The number of rotatable bonds is 2. The quantitative estimate of drug-likeness (QED) is 0.349. The van der Waals surface area contributed by atoms with E-state index in [2.05, 4.69) is 6.58 Å². The molecule has 0 aromatic heterocycles. The normalized spacial score (nSPS) is 44.2. The molecule has 3 fully saturated rings. The summed E-state index contributed by atoms with van der Waals surface area (Å²) < 4.78 is 17.3. The molecule has 1 spiro atoms. The SMILES string of the molecule is C=C1C(=O)O[C@@H]2[C@H]3C(C)=C[C@@H](O)[C@H]3[C@@]3(CO3)C[C@@H](OC(=O)/C(C)=C\C)[C@@H]12. The summed E-state index contributed by atoms with van der Waals surface area (Å²) in [5.41, 5.74) is 1.26. The molecule has 7 atom stereocenters. The van der Waals surface area contributed by atoms with E-state index < -0.39 is 41.8 Å². The number of hydrogen-bond donors (Lipinski definition) is 1. The zero-order chi connectivity index (χ0) is 18.8. The smallest absolute Gasteiger partial charge is 0.334 e. The Hall–Kier alpha value is -1.92. The lowest BCUT2D eigenvalue weighted by Gasteiger charge is -2.30. The molecule has 0 radical (unpaired) electrons. The highest BCUT2D eigenvalue weighted by Crippen LogP contribution is 2.58. The average Bonchev–Trinajstić information content (AvgIpc) is 3.23. The molecule has 4 rings (SSSR count). The first kappa shape index (κ1) is 17.5. The van der Waals surface area contributed by atoms with Gasteiger partial charge in [0.2, 0.25) is 0 Å². The van der Waals surface area contributed by atoms with Gasteiger partial charge in [-0.1, -0.05) is 24.3 Å². The standard InChI is InChI=1S/C20H24O6/c1-5-9(2)18(22)25-13-7-20(8-24-20)16-12(21)6-10(3)14(16)17-15(13)11(4)19(23)26-17/h5-6,12-17,21H,4,7-8H2,1-3H3/b9-5-/t12-,13-,14+,15-,16-,17-,20+/m1/s1. The molecule has 1 N–H and O–H groups in total. The van der Waals surface area contributed by atoms with Crippen molar-refractivity contribution in [2.75, 3.05) is 6.61 Å². The third kappa shape index (κ3) is 2.39. The first-order valence-corrected chi connectivity index (χ1v) is 9.03. The summed E-state index contributed by atoms with van der Waals surface area (Å²) in [6, 6.07) is 0. The molecule has 0 aromatic carbocycles. The topological polar surface area (TPSA) is 85.4 Å². The molecular formula is C20H24O6. The van der Waals surface area contributed by atoms with Crippen LogP contribution in [0.1, 0.15) is 27.2 Å². The average molecular weight is 360 g/mol. The van der Waals surface area contributed by atoms with Gasteiger partial charge in [-0.15, -0.1) is 0 Å². The Morgan fingerprint density at radius 2 is 2.15 bits per heavy atom.